The van der Waals surface area contributed by atoms with Crippen LogP contribution >= 0.6 is 0 Å². The van der Waals surface area contributed by atoms with E-state index in [0.717, 1.165) is 28.6 Å². The third kappa shape index (κ3) is 2.37. The third-order valence-corrected chi connectivity index (χ3v) is 3.45. The molecule has 0 aliphatic rings. The van der Waals surface area contributed by atoms with Gasteiger partial charge in [0.25, 0.3) is 0 Å². The number of imidazole rings is 1. The maximum atomic E-state index is 13.2. The molecule has 0 fully saturated rings. The highest BCUT2D eigenvalue weighted by Gasteiger charge is 2.08. The highest BCUT2D eigenvalue weighted by molar-refractivity contribution is 5.79. The molecule has 0 unspecified atom stereocenters. The Kier molecular flexibility index (Phi) is 3.14. The smallest absolute Gasteiger partial charge is 0.201 e. The summed E-state index contributed by atoms with van der Waals surface area (Å²) in [5.41, 5.74) is 10.0. The van der Waals surface area contributed by atoms with Crippen molar-refractivity contribution in [2.45, 2.75) is 19.9 Å². The van der Waals surface area contributed by atoms with Crippen LogP contribution in [0.2, 0.25) is 0 Å². The summed E-state index contributed by atoms with van der Waals surface area (Å²) in [5.74, 6) is 0.295. The lowest BCUT2D eigenvalue weighted by atomic mass is 10.1. The Balaban J connectivity index is 1.89. The van der Waals surface area contributed by atoms with Crippen LogP contribution in [-0.2, 0) is 13.0 Å². The number of aryl methyl sites for hydroxylation is 3. The van der Waals surface area contributed by atoms with E-state index in [1.165, 1.54) is 6.07 Å². The molecule has 4 heteroatoms. The second-order valence-electron chi connectivity index (χ2n) is 4.99. The lowest BCUT2D eigenvalue weighted by Gasteiger charge is -2.07. The molecule has 0 atom stereocenters. The van der Waals surface area contributed by atoms with Crippen molar-refractivity contribution in [2.75, 3.05) is 5.73 Å². The van der Waals surface area contributed by atoms with Crippen molar-refractivity contribution in [3.63, 3.8) is 0 Å². The highest BCUT2D eigenvalue weighted by Crippen LogP contribution is 2.19. The zero-order chi connectivity index (χ0) is 14.1. The SMILES string of the molecule is Cc1ccc2c(c1)nc(N)n2CCc1cccc(F)c1. The van der Waals surface area contributed by atoms with Crippen LogP contribution in [0, 0.1) is 12.7 Å². The Morgan fingerprint density at radius 1 is 1.20 bits per heavy atom. The number of rotatable bonds is 3. The van der Waals surface area contributed by atoms with Crippen molar-refractivity contribution in [1.29, 1.82) is 0 Å². The van der Waals surface area contributed by atoms with E-state index in [1.54, 1.807) is 12.1 Å². The molecule has 3 rings (SSSR count). The summed E-state index contributed by atoms with van der Waals surface area (Å²) in [7, 11) is 0. The molecule has 0 bridgehead atoms. The van der Waals surface area contributed by atoms with Crippen LogP contribution in [0.5, 0.6) is 0 Å². The fourth-order valence-corrected chi connectivity index (χ4v) is 2.43. The van der Waals surface area contributed by atoms with E-state index in [1.807, 2.05) is 35.8 Å². The van der Waals surface area contributed by atoms with E-state index >= 15 is 0 Å². The van der Waals surface area contributed by atoms with Crippen LogP contribution in [-0.4, -0.2) is 9.55 Å². The van der Waals surface area contributed by atoms with Gasteiger partial charge in [-0.1, -0.05) is 18.2 Å². The molecule has 0 saturated carbocycles. The molecule has 0 amide bonds. The topological polar surface area (TPSA) is 43.8 Å². The van der Waals surface area contributed by atoms with Crippen LogP contribution in [0.25, 0.3) is 11.0 Å². The maximum Gasteiger partial charge on any atom is 0.201 e. The fraction of sp³-hybridized carbons (Fsp3) is 0.188. The van der Waals surface area contributed by atoms with Crippen molar-refractivity contribution in [2.24, 2.45) is 0 Å². The normalized spacial score (nSPS) is 11.1. The molecular weight excluding hydrogens is 253 g/mol. The summed E-state index contributed by atoms with van der Waals surface area (Å²) >= 11 is 0. The highest BCUT2D eigenvalue weighted by atomic mass is 19.1. The molecule has 1 aromatic heterocycles. The number of hydrogen-bond donors (Lipinski definition) is 1. The number of nitrogens with two attached hydrogens (primary N) is 1. The second-order valence-corrected chi connectivity index (χ2v) is 4.99. The van der Waals surface area contributed by atoms with E-state index in [0.29, 0.717) is 12.5 Å². The van der Waals surface area contributed by atoms with Gasteiger partial charge in [-0.15, -0.1) is 0 Å². The average molecular weight is 269 g/mol. The Labute approximate surface area is 116 Å². The Morgan fingerprint density at radius 3 is 2.85 bits per heavy atom. The first-order chi connectivity index (χ1) is 9.63. The zero-order valence-electron chi connectivity index (χ0n) is 11.3. The van der Waals surface area contributed by atoms with Crippen molar-refractivity contribution >= 4 is 17.0 Å². The zero-order valence-corrected chi connectivity index (χ0v) is 11.3. The molecule has 0 radical (unpaired) electrons. The monoisotopic (exact) mass is 269 g/mol. The number of nitrogens with zero attached hydrogens (tertiary/aromatic N) is 2. The second kappa shape index (κ2) is 4.96. The van der Waals surface area contributed by atoms with Gasteiger partial charge in [-0.2, -0.15) is 0 Å². The maximum absolute atomic E-state index is 13.2. The lowest BCUT2D eigenvalue weighted by molar-refractivity contribution is 0.623. The van der Waals surface area contributed by atoms with Gasteiger partial charge in [0.2, 0.25) is 5.95 Å². The minimum Gasteiger partial charge on any atom is -0.369 e. The standard InChI is InChI=1S/C16H16FN3/c1-11-5-6-15-14(9-11)19-16(18)20(15)8-7-12-3-2-4-13(17)10-12/h2-6,9-10H,7-8H2,1H3,(H2,18,19). The van der Waals surface area contributed by atoms with Crippen molar-refractivity contribution < 1.29 is 4.39 Å². The number of aromatic nitrogens is 2. The van der Waals surface area contributed by atoms with E-state index < -0.39 is 0 Å². The van der Waals surface area contributed by atoms with Crippen molar-refractivity contribution in [3.8, 4) is 0 Å². The molecule has 20 heavy (non-hydrogen) atoms. The first-order valence-corrected chi connectivity index (χ1v) is 6.60. The van der Waals surface area contributed by atoms with E-state index in [4.69, 9.17) is 5.73 Å². The summed E-state index contributed by atoms with van der Waals surface area (Å²) in [6, 6.07) is 12.7. The van der Waals surface area contributed by atoms with Gasteiger partial charge < -0.3 is 10.3 Å². The van der Waals surface area contributed by atoms with Crippen LogP contribution in [0.15, 0.2) is 42.5 Å². The summed E-state index contributed by atoms with van der Waals surface area (Å²) in [6.45, 7) is 2.72. The minimum atomic E-state index is -0.207. The fourth-order valence-electron chi connectivity index (χ4n) is 2.43. The predicted octanol–water partition coefficient (Wildman–Crippen LogP) is 3.31. The number of anilines is 1. The van der Waals surface area contributed by atoms with Gasteiger partial charge in [-0.3, -0.25) is 0 Å². The predicted molar refractivity (Wildman–Crippen MR) is 79.0 cm³/mol. The molecule has 2 N–H and O–H groups in total. The van der Waals surface area contributed by atoms with Crippen LogP contribution in [0.3, 0.4) is 0 Å². The summed E-state index contributed by atoms with van der Waals surface area (Å²) in [4.78, 5) is 4.37. The molecule has 0 spiro atoms. The molecular formula is C16H16FN3. The molecule has 102 valence electrons. The van der Waals surface area contributed by atoms with Gasteiger partial charge in [0.1, 0.15) is 5.82 Å². The van der Waals surface area contributed by atoms with Gasteiger partial charge in [0.05, 0.1) is 11.0 Å². The number of halogens is 1. The lowest BCUT2D eigenvalue weighted by Crippen LogP contribution is -2.05. The first-order valence-electron chi connectivity index (χ1n) is 6.60. The third-order valence-electron chi connectivity index (χ3n) is 3.45. The number of fused-ring (bicyclic) bond motifs is 1. The molecule has 3 aromatic rings. The van der Waals surface area contributed by atoms with E-state index in [2.05, 4.69) is 4.98 Å². The molecule has 1 heterocycles. The summed E-state index contributed by atoms with van der Waals surface area (Å²) in [6.07, 6.45) is 0.724. The van der Waals surface area contributed by atoms with Crippen LogP contribution < -0.4 is 5.73 Å². The number of benzene rings is 2. The molecule has 3 nitrogen and oxygen atoms in total. The van der Waals surface area contributed by atoms with Gasteiger partial charge in [0, 0.05) is 6.54 Å². The van der Waals surface area contributed by atoms with Gasteiger partial charge >= 0.3 is 0 Å². The quantitative estimate of drug-likeness (QED) is 0.792. The minimum absolute atomic E-state index is 0.207. The Morgan fingerprint density at radius 2 is 2.05 bits per heavy atom. The number of hydrogen-bond acceptors (Lipinski definition) is 2. The van der Waals surface area contributed by atoms with Gasteiger partial charge in [-0.25, -0.2) is 9.37 Å². The average Bonchev–Trinajstić information content (AvgIpc) is 2.71. The Hall–Kier alpha value is -2.36. The number of nitrogen functional groups attached to an aromatic ring is 1. The molecule has 0 saturated heterocycles. The molecule has 2 aromatic carbocycles. The van der Waals surface area contributed by atoms with Crippen LogP contribution in [0.1, 0.15) is 11.1 Å². The molecule has 0 aliphatic heterocycles. The van der Waals surface area contributed by atoms with E-state index in [-0.39, 0.29) is 5.82 Å². The van der Waals surface area contributed by atoms with Gasteiger partial charge in [-0.05, 0) is 48.7 Å². The largest absolute Gasteiger partial charge is 0.369 e. The van der Waals surface area contributed by atoms with E-state index in [9.17, 15) is 4.39 Å². The van der Waals surface area contributed by atoms with Crippen molar-refractivity contribution in [1.82, 2.24) is 9.55 Å². The Bertz CT molecular complexity index is 762. The van der Waals surface area contributed by atoms with Crippen LogP contribution in [0.4, 0.5) is 10.3 Å². The molecule has 0 aliphatic carbocycles. The van der Waals surface area contributed by atoms with Crippen molar-refractivity contribution in [3.05, 3.63) is 59.4 Å². The van der Waals surface area contributed by atoms with Gasteiger partial charge in [0.15, 0.2) is 0 Å². The first kappa shape index (κ1) is 12.7. The summed E-state index contributed by atoms with van der Waals surface area (Å²) in [5, 5.41) is 0. The summed E-state index contributed by atoms with van der Waals surface area (Å²) < 4.78 is 15.1.